The average Bonchev–Trinajstić information content (AvgIpc) is 3.29. The predicted molar refractivity (Wildman–Crippen MR) is 134 cm³/mol. The van der Waals surface area contributed by atoms with Crippen molar-refractivity contribution in [3.8, 4) is 17.4 Å². The summed E-state index contributed by atoms with van der Waals surface area (Å²) in [7, 11) is 1.63. The Morgan fingerprint density at radius 3 is 2.81 bits per heavy atom. The minimum absolute atomic E-state index is 0.00762. The first kappa shape index (κ1) is 23.3. The molecule has 2 amide bonds. The third-order valence-corrected chi connectivity index (χ3v) is 6.86. The summed E-state index contributed by atoms with van der Waals surface area (Å²) in [6, 6.07) is 11.0. The van der Waals surface area contributed by atoms with Gasteiger partial charge in [0, 0.05) is 25.3 Å². The highest BCUT2D eigenvalue weighted by atomic mass is 16.6. The maximum atomic E-state index is 12.6. The van der Waals surface area contributed by atoms with E-state index in [0.717, 1.165) is 42.6 Å². The second kappa shape index (κ2) is 9.74. The first-order valence-corrected chi connectivity index (χ1v) is 12.3. The number of anilines is 2. The second-order valence-electron chi connectivity index (χ2n) is 9.31. The van der Waals surface area contributed by atoms with Crippen molar-refractivity contribution in [2.75, 3.05) is 50.1 Å². The molecule has 3 aromatic rings. The summed E-state index contributed by atoms with van der Waals surface area (Å²) < 4.78 is 22.7. The average molecular weight is 506 g/mol. The van der Waals surface area contributed by atoms with Crippen LogP contribution in [-0.4, -0.2) is 79.0 Å². The molecule has 1 unspecified atom stereocenters. The molecule has 6 rings (SSSR count). The maximum absolute atomic E-state index is 12.6. The van der Waals surface area contributed by atoms with Gasteiger partial charge in [-0.25, -0.2) is 14.8 Å². The van der Waals surface area contributed by atoms with Crippen LogP contribution in [0.1, 0.15) is 12.8 Å². The Bertz CT molecular complexity index is 1340. The fourth-order valence-corrected chi connectivity index (χ4v) is 4.95. The molecule has 1 aromatic heterocycles. The molecule has 1 atom stereocenters. The number of carbonyl (C=O) groups is 2. The Kier molecular flexibility index (Phi) is 6.13. The van der Waals surface area contributed by atoms with Crippen LogP contribution in [0.4, 0.5) is 16.2 Å². The zero-order chi connectivity index (χ0) is 25.4. The second-order valence-corrected chi connectivity index (χ2v) is 9.31. The van der Waals surface area contributed by atoms with E-state index in [1.54, 1.807) is 30.2 Å². The van der Waals surface area contributed by atoms with Crippen molar-refractivity contribution in [3.63, 3.8) is 0 Å². The number of fused-ring (bicyclic) bond motifs is 2. The number of amides is 2. The molecule has 0 aliphatic carbocycles. The number of methoxy groups -OCH3 is 1. The highest BCUT2D eigenvalue weighted by molar-refractivity contribution is 5.97. The van der Waals surface area contributed by atoms with Gasteiger partial charge in [0.05, 0.1) is 30.2 Å². The number of piperidine rings is 1. The highest BCUT2D eigenvalue weighted by Crippen LogP contribution is 2.34. The number of ether oxygens (including phenoxy) is 4. The van der Waals surface area contributed by atoms with Crippen molar-refractivity contribution >= 4 is 34.3 Å². The molecule has 1 N–H and O–H groups in total. The molecule has 192 valence electrons. The summed E-state index contributed by atoms with van der Waals surface area (Å²) >= 11 is 0. The normalized spacial score (nSPS) is 20.2. The molecule has 0 saturated carbocycles. The van der Waals surface area contributed by atoms with Gasteiger partial charge in [0.15, 0.2) is 6.61 Å². The number of cyclic esters (lactones) is 1. The molecule has 3 aliphatic heterocycles. The van der Waals surface area contributed by atoms with Gasteiger partial charge in [0.1, 0.15) is 30.0 Å². The summed E-state index contributed by atoms with van der Waals surface area (Å²) in [6.07, 6.45) is 2.59. The van der Waals surface area contributed by atoms with Crippen LogP contribution < -0.4 is 24.4 Å². The molecule has 2 saturated heterocycles. The quantitative estimate of drug-likeness (QED) is 0.540. The number of likely N-dealkylation sites (tertiary alicyclic amines) is 1. The molecule has 0 bridgehead atoms. The van der Waals surface area contributed by atoms with Gasteiger partial charge < -0.3 is 24.3 Å². The van der Waals surface area contributed by atoms with Gasteiger partial charge in [-0.3, -0.25) is 14.6 Å². The number of hydrogen-bond donors (Lipinski definition) is 1. The molecule has 0 radical (unpaired) electrons. The van der Waals surface area contributed by atoms with Crippen LogP contribution in [0.5, 0.6) is 17.4 Å². The number of hydrogen-bond acceptors (Lipinski definition) is 9. The molecular formula is C26H27N5O6. The summed E-state index contributed by atoms with van der Waals surface area (Å²) in [5.74, 6) is 1.67. The molecule has 4 heterocycles. The molecule has 11 nitrogen and oxygen atoms in total. The highest BCUT2D eigenvalue weighted by Gasteiger charge is 2.35. The van der Waals surface area contributed by atoms with Crippen LogP contribution in [0, 0.1) is 0 Å². The third kappa shape index (κ3) is 4.82. The third-order valence-electron chi connectivity index (χ3n) is 6.86. The molecule has 2 aromatic carbocycles. The predicted octanol–water partition coefficient (Wildman–Crippen LogP) is 2.84. The number of benzene rings is 2. The van der Waals surface area contributed by atoms with Gasteiger partial charge in [0.25, 0.3) is 5.91 Å². The minimum atomic E-state index is -0.391. The van der Waals surface area contributed by atoms with Crippen LogP contribution >= 0.6 is 0 Å². The lowest BCUT2D eigenvalue weighted by atomic mass is 10.1. The summed E-state index contributed by atoms with van der Waals surface area (Å²) in [4.78, 5) is 36.8. The Hall–Kier alpha value is -4.12. The molecular weight excluding hydrogens is 478 g/mol. The van der Waals surface area contributed by atoms with Gasteiger partial charge in [0.2, 0.25) is 5.88 Å². The van der Waals surface area contributed by atoms with Gasteiger partial charge in [-0.15, -0.1) is 0 Å². The summed E-state index contributed by atoms with van der Waals surface area (Å²) in [5.41, 5.74) is 2.03. The SMILES string of the molecule is COc1ccc2ncnc(OC3CCN(CC4CN(c5ccc6c(c5)NC(=O)CO6)C(=O)O4)CC3)c2c1. The van der Waals surface area contributed by atoms with Crippen molar-refractivity contribution in [1.29, 1.82) is 0 Å². The summed E-state index contributed by atoms with van der Waals surface area (Å²) in [6.45, 7) is 2.73. The van der Waals surface area contributed by atoms with Crippen molar-refractivity contribution in [3.05, 3.63) is 42.7 Å². The standard InChI is InChI=1S/C26H27N5O6/c1-34-18-3-4-21-20(11-18)25(28-15-27-21)36-17-6-8-30(9-7-17)12-19-13-31(26(33)37-19)16-2-5-23-22(10-16)29-24(32)14-35-23/h2-5,10-11,15,17,19H,6-9,12-14H2,1H3,(H,29,32). The van der Waals surface area contributed by atoms with Crippen molar-refractivity contribution in [2.24, 2.45) is 0 Å². The lowest BCUT2D eigenvalue weighted by Crippen LogP contribution is -2.42. The topological polar surface area (TPSA) is 115 Å². The van der Waals surface area contributed by atoms with E-state index in [0.29, 0.717) is 36.1 Å². The Labute approximate surface area is 213 Å². The van der Waals surface area contributed by atoms with E-state index < -0.39 is 6.09 Å². The van der Waals surface area contributed by atoms with E-state index in [9.17, 15) is 9.59 Å². The molecule has 11 heteroatoms. The van der Waals surface area contributed by atoms with Crippen molar-refractivity contribution in [1.82, 2.24) is 14.9 Å². The maximum Gasteiger partial charge on any atom is 0.414 e. The smallest absolute Gasteiger partial charge is 0.414 e. The van der Waals surface area contributed by atoms with Gasteiger partial charge >= 0.3 is 6.09 Å². The number of nitrogens with zero attached hydrogens (tertiary/aromatic N) is 4. The number of carbonyl (C=O) groups excluding carboxylic acids is 2. The van der Waals surface area contributed by atoms with E-state index >= 15 is 0 Å². The first-order chi connectivity index (χ1) is 18.1. The van der Waals surface area contributed by atoms with Gasteiger partial charge in [-0.05, 0) is 49.2 Å². The fraction of sp³-hybridized carbons (Fsp3) is 0.385. The van der Waals surface area contributed by atoms with E-state index in [4.69, 9.17) is 18.9 Å². The van der Waals surface area contributed by atoms with Crippen LogP contribution in [-0.2, 0) is 9.53 Å². The molecule has 37 heavy (non-hydrogen) atoms. The van der Waals surface area contributed by atoms with Crippen LogP contribution in [0.2, 0.25) is 0 Å². The Morgan fingerprint density at radius 1 is 1.11 bits per heavy atom. The molecule has 0 spiro atoms. The van der Waals surface area contributed by atoms with Crippen molar-refractivity contribution in [2.45, 2.75) is 25.0 Å². The van der Waals surface area contributed by atoms with Gasteiger partial charge in [-0.1, -0.05) is 0 Å². The summed E-state index contributed by atoms with van der Waals surface area (Å²) in [5, 5.41) is 3.60. The Morgan fingerprint density at radius 2 is 1.97 bits per heavy atom. The van der Waals surface area contributed by atoms with Crippen molar-refractivity contribution < 1.29 is 28.5 Å². The van der Waals surface area contributed by atoms with Crippen LogP contribution in [0.25, 0.3) is 10.9 Å². The van der Waals surface area contributed by atoms with Gasteiger partial charge in [-0.2, -0.15) is 0 Å². The minimum Gasteiger partial charge on any atom is -0.497 e. The number of rotatable bonds is 6. The lowest BCUT2D eigenvalue weighted by Gasteiger charge is -2.32. The van der Waals surface area contributed by atoms with E-state index in [1.807, 2.05) is 18.2 Å². The largest absolute Gasteiger partial charge is 0.497 e. The molecule has 2 fully saturated rings. The Balaban J connectivity index is 1.04. The lowest BCUT2D eigenvalue weighted by molar-refractivity contribution is -0.118. The number of aromatic nitrogens is 2. The zero-order valence-corrected chi connectivity index (χ0v) is 20.4. The van der Waals surface area contributed by atoms with E-state index in [-0.39, 0.29) is 24.7 Å². The van der Waals surface area contributed by atoms with Crippen LogP contribution in [0.3, 0.4) is 0 Å². The van der Waals surface area contributed by atoms with Crippen LogP contribution in [0.15, 0.2) is 42.7 Å². The fourth-order valence-electron chi connectivity index (χ4n) is 4.95. The first-order valence-electron chi connectivity index (χ1n) is 12.3. The number of nitrogens with one attached hydrogen (secondary N) is 1. The monoisotopic (exact) mass is 505 g/mol. The van der Waals surface area contributed by atoms with E-state index in [2.05, 4.69) is 20.2 Å². The zero-order valence-electron chi connectivity index (χ0n) is 20.4. The van der Waals surface area contributed by atoms with E-state index in [1.165, 1.54) is 6.33 Å². The molecule has 3 aliphatic rings.